The number of hydrogen-bond donors (Lipinski definition) is 1. The maximum Gasteiger partial charge on any atom is 0.161 e. The average Bonchev–Trinajstić information content (AvgIpc) is 1.68. The van der Waals surface area contributed by atoms with Gasteiger partial charge in [-0.15, -0.1) is 0 Å². The summed E-state index contributed by atoms with van der Waals surface area (Å²) in [5, 5.41) is 8.91. The van der Waals surface area contributed by atoms with Gasteiger partial charge in [0.15, 0.2) is 5.79 Å². The fraction of sp³-hybridized carbons (Fsp3) is 1.00. The quantitative estimate of drug-likeness (QED) is 0.598. The standard InChI is InChI=1S/C5H12O2.Hf/c1-4-5(2,6)7-3;/h6H,4H2,1-3H3;. The van der Waals surface area contributed by atoms with E-state index >= 15 is 0 Å². The van der Waals surface area contributed by atoms with Crippen molar-refractivity contribution < 1.29 is 35.7 Å². The number of aliphatic hydroxyl groups is 1. The van der Waals surface area contributed by atoms with Crippen molar-refractivity contribution in [1.82, 2.24) is 0 Å². The van der Waals surface area contributed by atoms with E-state index in [1.54, 1.807) is 6.92 Å². The second-order valence-corrected chi connectivity index (χ2v) is 1.73. The van der Waals surface area contributed by atoms with Gasteiger partial charge in [0, 0.05) is 33.0 Å². The molecule has 0 amide bonds. The van der Waals surface area contributed by atoms with Crippen LogP contribution in [0.1, 0.15) is 20.3 Å². The first-order chi connectivity index (χ1) is 3.12. The molecule has 0 aliphatic rings. The first-order valence-corrected chi connectivity index (χ1v) is 2.40. The topological polar surface area (TPSA) is 29.5 Å². The van der Waals surface area contributed by atoms with Crippen molar-refractivity contribution in [1.29, 1.82) is 0 Å². The van der Waals surface area contributed by atoms with Gasteiger partial charge in [0.25, 0.3) is 0 Å². The summed E-state index contributed by atoms with van der Waals surface area (Å²) in [6, 6.07) is 0. The van der Waals surface area contributed by atoms with Crippen LogP contribution in [-0.4, -0.2) is 18.0 Å². The molecule has 0 radical (unpaired) electrons. The summed E-state index contributed by atoms with van der Waals surface area (Å²) in [7, 11) is 1.49. The number of methoxy groups -OCH3 is 1. The predicted octanol–water partition coefficient (Wildman–Crippen LogP) is 0.749. The van der Waals surface area contributed by atoms with Gasteiger partial charge >= 0.3 is 0 Å². The summed E-state index contributed by atoms with van der Waals surface area (Å²) in [4.78, 5) is 0. The maximum absolute atomic E-state index is 8.91. The van der Waals surface area contributed by atoms with E-state index < -0.39 is 5.79 Å². The summed E-state index contributed by atoms with van der Waals surface area (Å²) in [6.45, 7) is 3.50. The molecule has 0 aromatic heterocycles. The molecule has 0 aromatic rings. The molecule has 0 aliphatic carbocycles. The normalized spacial score (nSPS) is 16.5. The van der Waals surface area contributed by atoms with Gasteiger partial charge in [-0.2, -0.15) is 0 Å². The van der Waals surface area contributed by atoms with Crippen LogP contribution in [0.15, 0.2) is 0 Å². The van der Waals surface area contributed by atoms with Gasteiger partial charge < -0.3 is 9.84 Å². The zero-order valence-electron chi connectivity index (χ0n) is 5.56. The molecule has 0 bridgehead atoms. The Bertz CT molecular complexity index is 48.4. The van der Waals surface area contributed by atoms with E-state index in [4.69, 9.17) is 5.11 Å². The van der Waals surface area contributed by atoms with E-state index in [1.165, 1.54) is 7.11 Å². The number of rotatable bonds is 2. The largest absolute Gasteiger partial charge is 0.366 e. The summed E-state index contributed by atoms with van der Waals surface area (Å²) >= 11 is 0. The van der Waals surface area contributed by atoms with Crippen molar-refractivity contribution in [3.63, 3.8) is 0 Å². The van der Waals surface area contributed by atoms with Crippen molar-refractivity contribution >= 4 is 0 Å². The van der Waals surface area contributed by atoms with Crippen LogP contribution in [0.4, 0.5) is 0 Å². The third-order valence-electron chi connectivity index (χ3n) is 1.10. The number of ether oxygens (including phenoxy) is 1. The van der Waals surface area contributed by atoms with Crippen LogP contribution in [0, 0.1) is 0 Å². The molecule has 0 aliphatic heterocycles. The molecule has 1 atom stereocenters. The molecule has 0 heterocycles. The molecule has 2 nitrogen and oxygen atoms in total. The average molecular weight is 283 g/mol. The first kappa shape index (κ1) is 11.6. The summed E-state index contributed by atoms with van der Waals surface area (Å²) in [5.41, 5.74) is 0. The Labute approximate surface area is 69.0 Å². The molecule has 48 valence electrons. The fourth-order valence-corrected chi connectivity index (χ4v) is 0.144. The molecular weight excluding hydrogens is 271 g/mol. The molecule has 1 unspecified atom stereocenters. The summed E-state index contributed by atoms with van der Waals surface area (Å²) in [6.07, 6.45) is 0.628. The van der Waals surface area contributed by atoms with Gasteiger partial charge in [0.2, 0.25) is 0 Å². The van der Waals surface area contributed by atoms with Gasteiger partial charge in [-0.1, -0.05) is 6.92 Å². The second kappa shape index (κ2) is 4.65. The molecule has 0 spiro atoms. The smallest absolute Gasteiger partial charge is 0.161 e. The second-order valence-electron chi connectivity index (χ2n) is 1.73. The molecule has 3 heteroatoms. The van der Waals surface area contributed by atoms with E-state index in [9.17, 15) is 0 Å². The van der Waals surface area contributed by atoms with Crippen molar-refractivity contribution in [2.75, 3.05) is 7.11 Å². The van der Waals surface area contributed by atoms with E-state index in [1.807, 2.05) is 6.92 Å². The summed E-state index contributed by atoms with van der Waals surface area (Å²) in [5.74, 6) is -0.917. The zero-order valence-corrected chi connectivity index (χ0v) is 9.16. The monoisotopic (exact) mass is 284 g/mol. The molecule has 1 N–H and O–H groups in total. The third-order valence-corrected chi connectivity index (χ3v) is 1.10. The Balaban J connectivity index is 0. The van der Waals surface area contributed by atoms with E-state index in [0.717, 1.165) is 0 Å². The van der Waals surface area contributed by atoms with Gasteiger partial charge in [0.1, 0.15) is 0 Å². The minimum absolute atomic E-state index is 0. The molecular formula is C5H12HfO2. The van der Waals surface area contributed by atoms with Crippen molar-refractivity contribution in [3.8, 4) is 0 Å². The molecule has 0 rings (SSSR count). The Morgan fingerprint density at radius 3 is 2.00 bits per heavy atom. The molecule has 0 fully saturated rings. The SMILES string of the molecule is CCC(C)(O)OC.[Hf]. The predicted molar refractivity (Wildman–Crippen MR) is 27.9 cm³/mol. The Kier molecular flexibility index (Phi) is 6.72. The maximum atomic E-state index is 8.91. The van der Waals surface area contributed by atoms with Gasteiger partial charge in [-0.3, -0.25) is 0 Å². The van der Waals surface area contributed by atoms with Crippen LogP contribution < -0.4 is 0 Å². The first-order valence-electron chi connectivity index (χ1n) is 2.40. The van der Waals surface area contributed by atoms with Crippen LogP contribution in [-0.2, 0) is 30.6 Å². The van der Waals surface area contributed by atoms with Crippen molar-refractivity contribution in [2.45, 2.75) is 26.1 Å². The fourth-order valence-electron chi connectivity index (χ4n) is 0.144. The van der Waals surface area contributed by atoms with Crippen LogP contribution in [0.5, 0.6) is 0 Å². The zero-order chi connectivity index (χ0) is 5.91. The van der Waals surface area contributed by atoms with Crippen LogP contribution in [0.25, 0.3) is 0 Å². The summed E-state index contributed by atoms with van der Waals surface area (Å²) < 4.78 is 4.64. The molecule has 8 heavy (non-hydrogen) atoms. The minimum atomic E-state index is -0.917. The van der Waals surface area contributed by atoms with Crippen molar-refractivity contribution in [2.24, 2.45) is 0 Å². The third kappa shape index (κ3) is 4.94. The van der Waals surface area contributed by atoms with Gasteiger partial charge in [-0.05, 0) is 13.3 Å². The van der Waals surface area contributed by atoms with E-state index in [2.05, 4.69) is 4.74 Å². The van der Waals surface area contributed by atoms with Crippen LogP contribution in [0.3, 0.4) is 0 Å². The van der Waals surface area contributed by atoms with Crippen LogP contribution in [0.2, 0.25) is 0 Å². The molecule has 0 aromatic carbocycles. The molecule has 0 saturated heterocycles. The molecule has 0 saturated carbocycles. The minimum Gasteiger partial charge on any atom is -0.366 e. The Hall–Kier alpha value is 0.790. The van der Waals surface area contributed by atoms with Gasteiger partial charge in [-0.25, -0.2) is 0 Å². The van der Waals surface area contributed by atoms with E-state index in [-0.39, 0.29) is 25.8 Å². The van der Waals surface area contributed by atoms with Crippen molar-refractivity contribution in [3.05, 3.63) is 0 Å². The van der Waals surface area contributed by atoms with E-state index in [0.29, 0.717) is 6.42 Å². The van der Waals surface area contributed by atoms with Crippen LogP contribution >= 0.6 is 0 Å². The van der Waals surface area contributed by atoms with Gasteiger partial charge in [0.05, 0.1) is 0 Å². The Morgan fingerprint density at radius 1 is 1.62 bits per heavy atom. The Morgan fingerprint density at radius 2 is 2.00 bits per heavy atom. The number of hydrogen-bond acceptors (Lipinski definition) is 2.